The van der Waals surface area contributed by atoms with E-state index in [0.29, 0.717) is 6.07 Å². The highest BCUT2D eigenvalue weighted by Crippen LogP contribution is 2.31. The van der Waals surface area contributed by atoms with E-state index in [0.717, 1.165) is 17.0 Å². The zero-order valence-electron chi connectivity index (χ0n) is 17.3. The molecule has 34 heavy (non-hydrogen) atoms. The van der Waals surface area contributed by atoms with Gasteiger partial charge in [-0.05, 0) is 31.4 Å². The minimum atomic E-state index is -2.46. The van der Waals surface area contributed by atoms with Crippen LogP contribution in [-0.4, -0.2) is 42.2 Å². The predicted molar refractivity (Wildman–Crippen MR) is 106 cm³/mol. The van der Waals surface area contributed by atoms with Crippen LogP contribution in [0.4, 0.5) is 36.8 Å². The summed E-state index contributed by atoms with van der Waals surface area (Å²) in [5.74, 6) is -17.3. The number of thioether (sulfide) groups is 1. The Kier molecular flexibility index (Phi) is 7.29. The number of hydrogen-bond acceptors (Lipinski definition) is 6. The molecule has 0 radical (unpaired) electrons. The SMILES string of the molecule is CSCC(=O)N[C@H]1OC(=O)N(c2ccc(C(=O)Oc3c(F)c(F)c(F)c(F)c3F)c(F)c2)C1C. The Morgan fingerprint density at radius 2 is 1.65 bits per heavy atom. The lowest BCUT2D eigenvalue weighted by Gasteiger charge is -2.21. The zero-order chi connectivity index (χ0) is 25.3. The second-order valence-electron chi connectivity index (χ2n) is 6.87. The third kappa shape index (κ3) is 4.62. The first-order chi connectivity index (χ1) is 16.0. The first-order valence-corrected chi connectivity index (χ1v) is 10.7. The number of halogens is 6. The minimum Gasteiger partial charge on any atom is -0.423 e. The molecule has 2 amide bonds. The maximum atomic E-state index is 14.6. The fourth-order valence-corrected chi connectivity index (χ4v) is 3.37. The van der Waals surface area contributed by atoms with Gasteiger partial charge < -0.3 is 14.8 Å². The van der Waals surface area contributed by atoms with Gasteiger partial charge in [-0.25, -0.2) is 27.2 Å². The van der Waals surface area contributed by atoms with Gasteiger partial charge in [0.15, 0.2) is 6.23 Å². The molecular formula is C20H14F6N2O5S. The molecule has 2 aromatic carbocycles. The second kappa shape index (κ2) is 9.83. The van der Waals surface area contributed by atoms with E-state index in [2.05, 4.69) is 10.1 Å². The predicted octanol–water partition coefficient (Wildman–Crippen LogP) is 3.89. The lowest BCUT2D eigenvalue weighted by atomic mass is 10.1. The van der Waals surface area contributed by atoms with Gasteiger partial charge in [0.05, 0.1) is 23.0 Å². The molecule has 2 aromatic rings. The van der Waals surface area contributed by atoms with E-state index < -0.39 is 76.5 Å². The number of nitrogens with zero attached hydrogens (tertiary/aromatic N) is 1. The highest BCUT2D eigenvalue weighted by Gasteiger charge is 2.41. The van der Waals surface area contributed by atoms with E-state index in [1.165, 1.54) is 18.7 Å². The maximum Gasteiger partial charge on any atom is 0.416 e. The molecule has 1 heterocycles. The number of hydrogen-bond donors (Lipinski definition) is 1. The molecular weight excluding hydrogens is 494 g/mol. The largest absolute Gasteiger partial charge is 0.423 e. The van der Waals surface area contributed by atoms with E-state index in [9.17, 15) is 40.7 Å². The molecule has 0 saturated carbocycles. The van der Waals surface area contributed by atoms with Crippen LogP contribution >= 0.6 is 11.8 Å². The van der Waals surface area contributed by atoms with Gasteiger partial charge >= 0.3 is 12.1 Å². The van der Waals surface area contributed by atoms with E-state index in [1.54, 1.807) is 6.26 Å². The van der Waals surface area contributed by atoms with Crippen LogP contribution in [0.1, 0.15) is 17.3 Å². The first-order valence-electron chi connectivity index (χ1n) is 9.29. The van der Waals surface area contributed by atoms with Gasteiger partial charge in [0.1, 0.15) is 5.82 Å². The van der Waals surface area contributed by atoms with Crippen molar-refractivity contribution in [2.24, 2.45) is 0 Å². The van der Waals surface area contributed by atoms with Crippen LogP contribution < -0.4 is 15.0 Å². The van der Waals surface area contributed by atoms with E-state index in [-0.39, 0.29) is 11.4 Å². The van der Waals surface area contributed by atoms with Crippen LogP contribution in [-0.2, 0) is 9.53 Å². The van der Waals surface area contributed by atoms with Crippen LogP contribution in [0.5, 0.6) is 5.75 Å². The molecule has 1 N–H and O–H groups in total. The molecule has 7 nitrogen and oxygen atoms in total. The van der Waals surface area contributed by atoms with E-state index >= 15 is 0 Å². The number of anilines is 1. The normalized spacial score (nSPS) is 17.5. The van der Waals surface area contributed by atoms with E-state index in [4.69, 9.17) is 4.74 Å². The smallest absolute Gasteiger partial charge is 0.416 e. The number of rotatable bonds is 6. The third-order valence-electron chi connectivity index (χ3n) is 4.66. The summed E-state index contributed by atoms with van der Waals surface area (Å²) < 4.78 is 91.0. The number of carbonyl (C=O) groups is 3. The third-order valence-corrected chi connectivity index (χ3v) is 5.21. The number of ether oxygens (including phenoxy) is 2. The molecule has 0 aromatic heterocycles. The van der Waals surface area contributed by atoms with Crippen molar-refractivity contribution < 1.29 is 50.2 Å². The highest BCUT2D eigenvalue weighted by molar-refractivity contribution is 7.99. The summed E-state index contributed by atoms with van der Waals surface area (Å²) in [6, 6.07) is 1.74. The monoisotopic (exact) mass is 508 g/mol. The molecule has 0 spiro atoms. The van der Waals surface area contributed by atoms with Gasteiger partial charge in [-0.3, -0.25) is 9.69 Å². The van der Waals surface area contributed by atoms with Gasteiger partial charge in [-0.2, -0.15) is 20.5 Å². The van der Waals surface area contributed by atoms with Crippen molar-refractivity contribution in [3.63, 3.8) is 0 Å². The van der Waals surface area contributed by atoms with Crippen LogP contribution in [0.3, 0.4) is 0 Å². The average molecular weight is 508 g/mol. The number of benzene rings is 2. The van der Waals surface area contributed by atoms with Crippen LogP contribution in [0.2, 0.25) is 0 Å². The Morgan fingerprint density at radius 1 is 1.06 bits per heavy atom. The number of cyclic esters (lactones) is 1. The number of esters is 1. The van der Waals surface area contributed by atoms with Crippen molar-refractivity contribution in [1.29, 1.82) is 0 Å². The minimum absolute atomic E-state index is 0.106. The summed E-state index contributed by atoms with van der Waals surface area (Å²) in [5, 5.41) is 2.48. The quantitative estimate of drug-likeness (QED) is 0.210. The topological polar surface area (TPSA) is 84.9 Å². The molecule has 2 atom stereocenters. The summed E-state index contributed by atoms with van der Waals surface area (Å²) in [6.07, 6.45) is -0.288. The van der Waals surface area contributed by atoms with Gasteiger partial charge in [-0.15, -0.1) is 0 Å². The Balaban J connectivity index is 1.83. The van der Waals surface area contributed by atoms with Crippen molar-refractivity contribution in [3.05, 3.63) is 58.7 Å². The van der Waals surface area contributed by atoms with Crippen molar-refractivity contribution in [2.75, 3.05) is 16.9 Å². The molecule has 1 fully saturated rings. The summed E-state index contributed by atoms with van der Waals surface area (Å²) >= 11 is 1.24. The van der Waals surface area contributed by atoms with Crippen molar-refractivity contribution >= 4 is 35.4 Å². The molecule has 1 aliphatic rings. The maximum absolute atomic E-state index is 14.6. The molecule has 14 heteroatoms. The molecule has 0 bridgehead atoms. The van der Waals surface area contributed by atoms with Crippen LogP contribution in [0.25, 0.3) is 0 Å². The second-order valence-corrected chi connectivity index (χ2v) is 7.73. The molecule has 0 aliphatic carbocycles. The van der Waals surface area contributed by atoms with E-state index in [1.807, 2.05) is 0 Å². The average Bonchev–Trinajstić information content (AvgIpc) is 3.06. The first kappa shape index (κ1) is 25.2. The van der Waals surface area contributed by atoms with Crippen molar-refractivity contribution in [1.82, 2.24) is 5.32 Å². The zero-order valence-corrected chi connectivity index (χ0v) is 18.1. The van der Waals surface area contributed by atoms with Gasteiger partial charge in [0, 0.05) is 0 Å². The fourth-order valence-electron chi connectivity index (χ4n) is 3.03. The summed E-state index contributed by atoms with van der Waals surface area (Å²) in [6.45, 7) is 1.50. The van der Waals surface area contributed by atoms with Gasteiger partial charge in [0.2, 0.25) is 40.7 Å². The molecule has 182 valence electrons. The standard InChI is InChI=1S/C20H14F6N2O5S/c1-7-18(27-11(29)6-34-2)33-20(31)28(7)8-3-4-9(10(21)5-8)19(30)32-17-15(25)13(23)12(22)14(24)16(17)26/h3-5,7,18H,6H2,1-2H3,(H,27,29)/t7?,18-/m0/s1. The molecule has 3 rings (SSSR count). The summed E-state index contributed by atoms with van der Waals surface area (Å²) in [7, 11) is 0. The fraction of sp³-hybridized carbons (Fsp3) is 0.250. The summed E-state index contributed by atoms with van der Waals surface area (Å²) in [4.78, 5) is 37.1. The van der Waals surface area contributed by atoms with Gasteiger partial charge in [0.25, 0.3) is 0 Å². The Labute approximate surface area is 192 Å². The Morgan fingerprint density at radius 3 is 2.21 bits per heavy atom. The van der Waals surface area contributed by atoms with Crippen molar-refractivity contribution in [3.8, 4) is 5.75 Å². The Bertz CT molecular complexity index is 1150. The number of carbonyl (C=O) groups excluding carboxylic acids is 3. The molecule has 1 unspecified atom stereocenters. The number of nitrogens with one attached hydrogen (secondary N) is 1. The molecule has 1 saturated heterocycles. The summed E-state index contributed by atoms with van der Waals surface area (Å²) in [5.41, 5.74) is -1.03. The number of amides is 2. The lowest BCUT2D eigenvalue weighted by molar-refractivity contribution is -0.121. The van der Waals surface area contributed by atoms with Crippen LogP contribution in [0, 0.1) is 34.9 Å². The van der Waals surface area contributed by atoms with Gasteiger partial charge in [-0.1, -0.05) is 0 Å². The Hall–Kier alpha value is -3.42. The lowest BCUT2D eigenvalue weighted by Crippen LogP contribution is -2.44. The van der Waals surface area contributed by atoms with Crippen molar-refractivity contribution in [2.45, 2.75) is 19.2 Å². The molecule has 1 aliphatic heterocycles. The highest BCUT2D eigenvalue weighted by atomic mass is 32.2. The van der Waals surface area contributed by atoms with Crippen LogP contribution in [0.15, 0.2) is 18.2 Å².